The van der Waals surface area contributed by atoms with Crippen molar-refractivity contribution in [1.82, 2.24) is 0 Å². The van der Waals surface area contributed by atoms with Crippen LogP contribution in [-0.2, 0) is 21.7 Å². The third kappa shape index (κ3) is 4.33. The van der Waals surface area contributed by atoms with Crippen LogP contribution in [0.5, 0.6) is 5.75 Å². The summed E-state index contributed by atoms with van der Waals surface area (Å²) < 4.78 is 16.7. The lowest BCUT2D eigenvalue weighted by Crippen LogP contribution is -2.64. The number of halogens is 1. The van der Waals surface area contributed by atoms with Gasteiger partial charge in [0.15, 0.2) is 0 Å². The van der Waals surface area contributed by atoms with E-state index >= 15 is 0 Å². The van der Waals surface area contributed by atoms with Crippen molar-refractivity contribution in [1.29, 1.82) is 0 Å². The van der Waals surface area contributed by atoms with Gasteiger partial charge in [0.1, 0.15) is 30.2 Å². The fourth-order valence-corrected chi connectivity index (χ4v) is 3.87. The number of benzene rings is 2. The summed E-state index contributed by atoms with van der Waals surface area (Å²) in [6.45, 7) is 1.95. The SMILES string of the molecule is CCOc1ccc(Cc2cc([C@]3(OC)O[C@H](CO)[C@@H](O)[C@H](O)[C@@H]3O)ccc2Cl)cc1. The third-order valence-corrected chi connectivity index (χ3v) is 5.70. The van der Waals surface area contributed by atoms with Gasteiger partial charge in [-0.05, 0) is 48.7 Å². The molecule has 0 radical (unpaired) electrons. The Morgan fingerprint density at radius 3 is 2.37 bits per heavy atom. The number of hydrogen-bond donors (Lipinski definition) is 4. The Kier molecular flexibility index (Phi) is 7.36. The number of methoxy groups -OCH3 is 1. The fourth-order valence-electron chi connectivity index (χ4n) is 3.68. The summed E-state index contributed by atoms with van der Waals surface area (Å²) in [6.07, 6.45) is -5.23. The number of aliphatic hydroxyl groups excluding tert-OH is 4. The number of aliphatic hydroxyl groups is 4. The number of ether oxygens (including phenoxy) is 3. The van der Waals surface area contributed by atoms with E-state index < -0.39 is 36.8 Å². The molecule has 2 aromatic rings. The van der Waals surface area contributed by atoms with Crippen LogP contribution in [0.25, 0.3) is 0 Å². The molecule has 8 heteroatoms. The molecule has 3 rings (SSSR count). The third-order valence-electron chi connectivity index (χ3n) is 5.33. The van der Waals surface area contributed by atoms with Gasteiger partial charge in [-0.1, -0.05) is 29.8 Å². The largest absolute Gasteiger partial charge is 0.494 e. The van der Waals surface area contributed by atoms with Crippen molar-refractivity contribution < 1.29 is 34.6 Å². The highest BCUT2D eigenvalue weighted by molar-refractivity contribution is 6.31. The van der Waals surface area contributed by atoms with E-state index in [1.165, 1.54) is 7.11 Å². The summed E-state index contributed by atoms with van der Waals surface area (Å²) in [5.74, 6) is -0.995. The van der Waals surface area contributed by atoms with Gasteiger partial charge < -0.3 is 34.6 Å². The van der Waals surface area contributed by atoms with Gasteiger partial charge in [0.2, 0.25) is 5.79 Å². The average Bonchev–Trinajstić information content (AvgIpc) is 2.76. The van der Waals surface area contributed by atoms with Crippen LogP contribution in [0, 0.1) is 0 Å². The summed E-state index contributed by atoms with van der Waals surface area (Å²) in [6, 6.07) is 12.6. The molecule has 0 amide bonds. The van der Waals surface area contributed by atoms with Crippen molar-refractivity contribution in [3.63, 3.8) is 0 Å². The molecule has 1 heterocycles. The normalized spacial score (nSPS) is 29.0. The van der Waals surface area contributed by atoms with E-state index in [2.05, 4.69) is 0 Å². The number of rotatable bonds is 7. The summed E-state index contributed by atoms with van der Waals surface area (Å²) in [7, 11) is 1.32. The second-order valence-electron chi connectivity index (χ2n) is 7.20. The first kappa shape index (κ1) is 23.0. The number of hydrogen-bond acceptors (Lipinski definition) is 7. The lowest BCUT2D eigenvalue weighted by Gasteiger charge is -2.47. The van der Waals surface area contributed by atoms with Crippen molar-refractivity contribution in [2.24, 2.45) is 0 Å². The Balaban J connectivity index is 1.94. The molecule has 1 fully saturated rings. The van der Waals surface area contributed by atoms with Crippen LogP contribution in [0.15, 0.2) is 42.5 Å². The molecule has 1 aliphatic rings. The molecule has 30 heavy (non-hydrogen) atoms. The Morgan fingerprint density at radius 1 is 1.07 bits per heavy atom. The second kappa shape index (κ2) is 9.62. The molecule has 0 spiro atoms. The minimum Gasteiger partial charge on any atom is -0.494 e. The highest BCUT2D eigenvalue weighted by atomic mass is 35.5. The standard InChI is InChI=1S/C22H27ClO7/c1-3-29-16-7-4-13(5-8-16)10-14-11-15(6-9-17(14)23)22(28-2)21(27)20(26)19(25)18(12-24)30-22/h4-9,11,18-21,24-27H,3,10,12H2,1-2H3/t18-,19-,20+,21+,22+/m1/s1. The van der Waals surface area contributed by atoms with Crippen LogP contribution in [0.3, 0.4) is 0 Å². The first-order valence-electron chi connectivity index (χ1n) is 9.75. The predicted molar refractivity (Wildman–Crippen MR) is 111 cm³/mol. The minimum atomic E-state index is -1.77. The Hall–Kier alpha value is -1.71. The van der Waals surface area contributed by atoms with Gasteiger partial charge in [0.05, 0.1) is 13.2 Å². The van der Waals surface area contributed by atoms with Crippen molar-refractivity contribution in [3.05, 3.63) is 64.2 Å². The Morgan fingerprint density at radius 2 is 1.77 bits per heavy atom. The van der Waals surface area contributed by atoms with E-state index in [1.54, 1.807) is 18.2 Å². The molecule has 1 saturated heterocycles. The van der Waals surface area contributed by atoms with Crippen LogP contribution in [0.4, 0.5) is 0 Å². The molecule has 0 aliphatic carbocycles. The minimum absolute atomic E-state index is 0.409. The predicted octanol–water partition coefficient (Wildman–Crippen LogP) is 1.60. The monoisotopic (exact) mass is 438 g/mol. The van der Waals surface area contributed by atoms with Gasteiger partial charge >= 0.3 is 0 Å². The van der Waals surface area contributed by atoms with Crippen molar-refractivity contribution in [2.45, 2.75) is 43.5 Å². The van der Waals surface area contributed by atoms with Crippen LogP contribution in [0.1, 0.15) is 23.6 Å². The maximum absolute atomic E-state index is 10.7. The zero-order chi connectivity index (χ0) is 21.9. The summed E-state index contributed by atoms with van der Waals surface area (Å²) in [5.41, 5.74) is 2.16. The smallest absolute Gasteiger partial charge is 0.224 e. The molecule has 1 aliphatic heterocycles. The molecular formula is C22H27ClO7. The maximum atomic E-state index is 10.7. The Labute approximate surface area is 180 Å². The van der Waals surface area contributed by atoms with Crippen LogP contribution in [0.2, 0.25) is 5.02 Å². The quantitative estimate of drug-likeness (QED) is 0.520. The van der Waals surface area contributed by atoms with Gasteiger partial charge in [-0.25, -0.2) is 0 Å². The van der Waals surface area contributed by atoms with Crippen molar-refractivity contribution in [2.75, 3.05) is 20.3 Å². The lowest BCUT2D eigenvalue weighted by molar-refractivity contribution is -0.366. The molecular weight excluding hydrogens is 412 g/mol. The zero-order valence-electron chi connectivity index (χ0n) is 16.9. The van der Waals surface area contributed by atoms with Gasteiger partial charge in [0.25, 0.3) is 0 Å². The molecule has 5 atom stereocenters. The summed E-state index contributed by atoms with van der Waals surface area (Å²) in [4.78, 5) is 0. The summed E-state index contributed by atoms with van der Waals surface area (Å²) >= 11 is 6.40. The molecule has 0 bridgehead atoms. The Bertz CT molecular complexity index is 842. The highest BCUT2D eigenvalue weighted by Gasteiger charge is 2.55. The molecule has 164 valence electrons. The van der Waals surface area contributed by atoms with E-state index in [4.69, 9.17) is 25.8 Å². The first-order chi connectivity index (χ1) is 14.4. The zero-order valence-corrected chi connectivity index (χ0v) is 17.6. The first-order valence-corrected chi connectivity index (χ1v) is 10.1. The molecule has 4 N–H and O–H groups in total. The fraction of sp³-hybridized carbons (Fsp3) is 0.455. The second-order valence-corrected chi connectivity index (χ2v) is 7.60. The molecule has 0 aromatic heterocycles. The van der Waals surface area contributed by atoms with E-state index in [9.17, 15) is 20.4 Å². The molecule has 2 aromatic carbocycles. The molecule has 0 saturated carbocycles. The average molecular weight is 439 g/mol. The van der Waals surface area contributed by atoms with E-state index in [1.807, 2.05) is 31.2 Å². The van der Waals surface area contributed by atoms with Crippen LogP contribution in [-0.4, -0.2) is 65.2 Å². The maximum Gasteiger partial charge on any atom is 0.224 e. The van der Waals surface area contributed by atoms with Gasteiger partial charge in [0, 0.05) is 17.7 Å². The summed E-state index contributed by atoms with van der Waals surface area (Å²) in [5, 5.41) is 41.1. The van der Waals surface area contributed by atoms with E-state index in [0.29, 0.717) is 23.6 Å². The topological polar surface area (TPSA) is 109 Å². The lowest BCUT2D eigenvalue weighted by atomic mass is 9.87. The van der Waals surface area contributed by atoms with Crippen molar-refractivity contribution >= 4 is 11.6 Å². The highest BCUT2D eigenvalue weighted by Crippen LogP contribution is 2.40. The molecule has 7 nitrogen and oxygen atoms in total. The van der Waals surface area contributed by atoms with E-state index in [0.717, 1.165) is 16.9 Å². The van der Waals surface area contributed by atoms with Gasteiger partial charge in [-0.15, -0.1) is 0 Å². The van der Waals surface area contributed by atoms with Crippen molar-refractivity contribution in [3.8, 4) is 5.75 Å². The van der Waals surface area contributed by atoms with Crippen LogP contribution >= 0.6 is 11.6 Å². The van der Waals surface area contributed by atoms with E-state index in [-0.39, 0.29) is 0 Å². The molecule has 0 unspecified atom stereocenters. The van der Waals surface area contributed by atoms with Gasteiger partial charge in [-0.2, -0.15) is 0 Å². The van der Waals surface area contributed by atoms with Crippen LogP contribution < -0.4 is 4.74 Å². The van der Waals surface area contributed by atoms with Gasteiger partial charge in [-0.3, -0.25) is 0 Å².